The largest absolute Gasteiger partial charge is 0.507 e. The van der Waals surface area contributed by atoms with Gasteiger partial charge in [-0.3, -0.25) is 4.79 Å². The van der Waals surface area contributed by atoms with E-state index in [0.29, 0.717) is 11.1 Å². The van der Waals surface area contributed by atoms with Gasteiger partial charge < -0.3 is 10.4 Å². The Bertz CT molecular complexity index is 702. The first-order valence-electron chi connectivity index (χ1n) is 6.07. The van der Waals surface area contributed by atoms with Gasteiger partial charge in [0.05, 0.1) is 0 Å². The van der Waals surface area contributed by atoms with Gasteiger partial charge in [-0.2, -0.15) is 0 Å². The summed E-state index contributed by atoms with van der Waals surface area (Å²) < 4.78 is 0. The van der Waals surface area contributed by atoms with Crippen LogP contribution in [0.5, 0.6) is 5.75 Å². The Balaban J connectivity index is 2.14. The normalized spacial score (nSPS) is 15.4. The lowest BCUT2D eigenvalue weighted by atomic mass is 10.0. The Kier molecular flexibility index (Phi) is 2.60. The summed E-state index contributed by atoms with van der Waals surface area (Å²) in [6.45, 7) is 1.95. The summed E-state index contributed by atoms with van der Waals surface area (Å²) in [5.41, 5.74) is 3.95. The van der Waals surface area contributed by atoms with Crippen LogP contribution in [0.3, 0.4) is 0 Å². The van der Waals surface area contributed by atoms with Crippen molar-refractivity contribution in [3.63, 3.8) is 0 Å². The zero-order valence-corrected chi connectivity index (χ0v) is 10.5. The number of carbonyl (C=O) groups is 1. The summed E-state index contributed by atoms with van der Waals surface area (Å²) in [4.78, 5) is 12.0. The molecule has 1 aliphatic heterocycles. The van der Waals surface area contributed by atoms with Gasteiger partial charge in [0, 0.05) is 22.4 Å². The van der Waals surface area contributed by atoms with E-state index in [0.717, 1.165) is 16.8 Å². The lowest BCUT2D eigenvalue weighted by Gasteiger charge is -2.02. The maximum absolute atomic E-state index is 12.0. The molecule has 0 unspecified atom stereocenters. The predicted molar refractivity (Wildman–Crippen MR) is 75.8 cm³/mol. The van der Waals surface area contributed by atoms with Crippen LogP contribution in [0.15, 0.2) is 42.5 Å². The van der Waals surface area contributed by atoms with Gasteiger partial charge in [0.1, 0.15) is 5.75 Å². The molecule has 0 spiro atoms. The van der Waals surface area contributed by atoms with Crippen molar-refractivity contribution in [1.82, 2.24) is 0 Å². The Morgan fingerprint density at radius 2 is 1.95 bits per heavy atom. The van der Waals surface area contributed by atoms with Crippen molar-refractivity contribution >= 4 is 23.2 Å². The van der Waals surface area contributed by atoms with Gasteiger partial charge in [0.15, 0.2) is 0 Å². The highest BCUT2D eigenvalue weighted by Crippen LogP contribution is 2.34. The van der Waals surface area contributed by atoms with Crippen molar-refractivity contribution < 1.29 is 9.90 Å². The van der Waals surface area contributed by atoms with Gasteiger partial charge >= 0.3 is 0 Å². The van der Waals surface area contributed by atoms with Gasteiger partial charge in [0.25, 0.3) is 5.91 Å². The van der Waals surface area contributed by atoms with E-state index in [1.54, 1.807) is 12.1 Å². The topological polar surface area (TPSA) is 49.3 Å². The highest BCUT2D eigenvalue weighted by molar-refractivity contribution is 6.35. The zero-order valence-electron chi connectivity index (χ0n) is 10.5. The monoisotopic (exact) mass is 251 g/mol. The molecule has 2 N–H and O–H groups in total. The maximum atomic E-state index is 12.0. The second-order valence-corrected chi connectivity index (χ2v) is 4.62. The molecule has 1 aliphatic rings. The van der Waals surface area contributed by atoms with Crippen LogP contribution in [-0.4, -0.2) is 11.0 Å². The number of benzene rings is 2. The van der Waals surface area contributed by atoms with Crippen LogP contribution < -0.4 is 5.32 Å². The van der Waals surface area contributed by atoms with Gasteiger partial charge in [-0.1, -0.05) is 29.8 Å². The van der Waals surface area contributed by atoms with Crippen LogP contribution in [0.2, 0.25) is 0 Å². The average molecular weight is 251 g/mol. The van der Waals surface area contributed by atoms with Crippen molar-refractivity contribution in [3.05, 3.63) is 59.2 Å². The van der Waals surface area contributed by atoms with Gasteiger partial charge in [-0.15, -0.1) is 0 Å². The SMILES string of the molecule is Cc1ccc(O)c(C=C2C(=O)Nc3ccccc32)c1. The summed E-state index contributed by atoms with van der Waals surface area (Å²) in [5.74, 6) is 0.0392. The van der Waals surface area contributed by atoms with Crippen molar-refractivity contribution in [2.24, 2.45) is 0 Å². The van der Waals surface area contributed by atoms with Gasteiger partial charge in [-0.25, -0.2) is 0 Å². The third-order valence-electron chi connectivity index (χ3n) is 3.19. The molecule has 2 aromatic rings. The van der Waals surface area contributed by atoms with E-state index in [1.165, 1.54) is 0 Å². The van der Waals surface area contributed by atoms with Crippen LogP contribution in [-0.2, 0) is 4.79 Å². The van der Waals surface area contributed by atoms with E-state index in [2.05, 4.69) is 5.32 Å². The molecule has 0 saturated carbocycles. The molecule has 3 nitrogen and oxygen atoms in total. The molecule has 19 heavy (non-hydrogen) atoms. The van der Waals surface area contributed by atoms with E-state index in [4.69, 9.17) is 0 Å². The molecule has 0 fully saturated rings. The summed E-state index contributed by atoms with van der Waals surface area (Å²) in [5, 5.41) is 12.7. The first-order valence-corrected chi connectivity index (χ1v) is 6.07. The molecule has 0 radical (unpaired) electrons. The summed E-state index contributed by atoms with van der Waals surface area (Å²) >= 11 is 0. The number of nitrogens with one attached hydrogen (secondary N) is 1. The highest BCUT2D eigenvalue weighted by Gasteiger charge is 2.23. The summed E-state index contributed by atoms with van der Waals surface area (Å²) in [6.07, 6.45) is 1.73. The quantitative estimate of drug-likeness (QED) is 0.765. The molecule has 2 aromatic carbocycles. The maximum Gasteiger partial charge on any atom is 0.256 e. The van der Waals surface area contributed by atoms with Gasteiger partial charge in [-0.05, 0) is 31.2 Å². The molecule has 1 heterocycles. The standard InChI is InChI=1S/C16H13NO2/c1-10-6-7-15(18)11(8-10)9-13-12-4-2-3-5-14(12)17-16(13)19/h2-9,18H,1H3,(H,17,19). The van der Waals surface area contributed by atoms with E-state index in [1.807, 2.05) is 43.3 Å². The predicted octanol–water partition coefficient (Wildman–Crippen LogP) is 3.19. The Morgan fingerprint density at radius 1 is 1.16 bits per heavy atom. The number of phenols is 1. The number of para-hydroxylation sites is 1. The number of hydrogen-bond acceptors (Lipinski definition) is 2. The fourth-order valence-electron chi connectivity index (χ4n) is 2.23. The second-order valence-electron chi connectivity index (χ2n) is 4.62. The number of phenolic OH excluding ortho intramolecular Hbond substituents is 1. The molecular formula is C16H13NO2. The molecule has 1 amide bonds. The summed E-state index contributed by atoms with van der Waals surface area (Å²) in [6, 6.07) is 12.9. The number of carbonyl (C=O) groups excluding carboxylic acids is 1. The lowest BCUT2D eigenvalue weighted by molar-refractivity contribution is -0.110. The number of aryl methyl sites for hydroxylation is 1. The van der Waals surface area contributed by atoms with E-state index >= 15 is 0 Å². The van der Waals surface area contributed by atoms with Crippen molar-refractivity contribution in [3.8, 4) is 5.75 Å². The molecule has 0 atom stereocenters. The lowest BCUT2D eigenvalue weighted by Crippen LogP contribution is -2.03. The fraction of sp³-hybridized carbons (Fsp3) is 0.0625. The fourth-order valence-corrected chi connectivity index (χ4v) is 2.23. The zero-order chi connectivity index (χ0) is 13.4. The minimum atomic E-state index is -0.137. The highest BCUT2D eigenvalue weighted by atomic mass is 16.3. The molecule has 0 aromatic heterocycles. The van der Waals surface area contributed by atoms with Crippen molar-refractivity contribution in [1.29, 1.82) is 0 Å². The third-order valence-corrected chi connectivity index (χ3v) is 3.19. The van der Waals surface area contributed by atoms with E-state index in [-0.39, 0.29) is 11.7 Å². The smallest absolute Gasteiger partial charge is 0.256 e. The van der Waals surface area contributed by atoms with E-state index in [9.17, 15) is 9.90 Å². The molecule has 0 saturated heterocycles. The number of amides is 1. The first-order chi connectivity index (χ1) is 9.15. The van der Waals surface area contributed by atoms with Crippen LogP contribution in [0.1, 0.15) is 16.7 Å². The average Bonchev–Trinajstić information content (AvgIpc) is 2.71. The van der Waals surface area contributed by atoms with Gasteiger partial charge in [0.2, 0.25) is 0 Å². The molecular weight excluding hydrogens is 238 g/mol. The number of aromatic hydroxyl groups is 1. The molecule has 3 heteroatoms. The summed E-state index contributed by atoms with van der Waals surface area (Å²) in [7, 11) is 0. The number of hydrogen-bond donors (Lipinski definition) is 2. The Labute approximate surface area is 111 Å². The number of anilines is 1. The molecule has 3 rings (SSSR count). The molecule has 94 valence electrons. The number of fused-ring (bicyclic) bond motifs is 1. The van der Waals surface area contributed by atoms with Crippen LogP contribution in [0, 0.1) is 6.92 Å². The Hall–Kier alpha value is -2.55. The minimum Gasteiger partial charge on any atom is -0.507 e. The van der Waals surface area contributed by atoms with Crippen LogP contribution in [0.4, 0.5) is 5.69 Å². The Morgan fingerprint density at radius 3 is 2.79 bits per heavy atom. The first kappa shape index (κ1) is 11.5. The molecule has 0 bridgehead atoms. The van der Waals surface area contributed by atoms with Crippen LogP contribution in [0.25, 0.3) is 11.6 Å². The van der Waals surface area contributed by atoms with E-state index < -0.39 is 0 Å². The minimum absolute atomic E-state index is 0.137. The van der Waals surface area contributed by atoms with Crippen LogP contribution >= 0.6 is 0 Å². The second kappa shape index (κ2) is 4.28. The van der Waals surface area contributed by atoms with Crippen molar-refractivity contribution in [2.75, 3.05) is 5.32 Å². The number of rotatable bonds is 1. The molecule has 0 aliphatic carbocycles. The third kappa shape index (κ3) is 1.99. The van der Waals surface area contributed by atoms with Crippen molar-refractivity contribution in [2.45, 2.75) is 6.92 Å².